The predicted octanol–water partition coefficient (Wildman–Crippen LogP) is 2.98. The number of carbonyl (C=O) groups excluding carboxylic acids is 1. The number of hydrogen-bond acceptors (Lipinski definition) is 4. The molecule has 0 unspecified atom stereocenters. The molecule has 8 heteroatoms. The van der Waals surface area contributed by atoms with Crippen molar-refractivity contribution in [3.63, 3.8) is 0 Å². The molecule has 118 valence electrons. The van der Waals surface area contributed by atoms with Crippen molar-refractivity contribution in [3.8, 4) is 17.1 Å². The van der Waals surface area contributed by atoms with Crippen molar-refractivity contribution in [3.05, 3.63) is 36.0 Å². The zero-order valence-corrected chi connectivity index (χ0v) is 11.8. The van der Waals surface area contributed by atoms with Gasteiger partial charge in [-0.3, -0.25) is 4.79 Å². The van der Waals surface area contributed by atoms with Crippen LogP contribution in [0.1, 0.15) is 10.5 Å². The topological polar surface area (TPSA) is 55.6 Å². The number of halogens is 3. The summed E-state index contributed by atoms with van der Waals surface area (Å²) in [5.41, 5.74) is 0.448. The van der Waals surface area contributed by atoms with E-state index in [4.69, 9.17) is 9.26 Å². The molecule has 5 nitrogen and oxygen atoms in total. The van der Waals surface area contributed by atoms with Gasteiger partial charge < -0.3 is 14.2 Å². The Morgan fingerprint density at radius 1 is 1.32 bits per heavy atom. The van der Waals surface area contributed by atoms with Crippen molar-refractivity contribution in [1.82, 2.24) is 10.1 Å². The lowest BCUT2D eigenvalue weighted by molar-refractivity contribution is -0.138. The number of rotatable bonds is 4. The molecule has 1 amide bonds. The number of aromatic nitrogens is 1. The van der Waals surface area contributed by atoms with Crippen LogP contribution >= 0.6 is 0 Å². The highest BCUT2D eigenvalue weighted by molar-refractivity contribution is 5.93. The van der Waals surface area contributed by atoms with Gasteiger partial charge in [-0.1, -0.05) is 5.16 Å². The third kappa shape index (κ3) is 3.78. The number of benzene rings is 1. The van der Waals surface area contributed by atoms with Crippen molar-refractivity contribution < 1.29 is 27.2 Å². The SMILES string of the molecule is COc1ccc(-c2cc(C(=O)N(C)CC(F)(F)F)no2)cc1. The van der Waals surface area contributed by atoms with Crippen molar-refractivity contribution >= 4 is 5.91 Å². The van der Waals surface area contributed by atoms with Crippen LogP contribution in [0.25, 0.3) is 11.3 Å². The van der Waals surface area contributed by atoms with E-state index in [1.807, 2.05) is 0 Å². The molecule has 0 aliphatic rings. The third-order valence-electron chi connectivity index (χ3n) is 2.87. The van der Waals surface area contributed by atoms with Crippen molar-refractivity contribution in [1.29, 1.82) is 0 Å². The van der Waals surface area contributed by atoms with Gasteiger partial charge in [0.25, 0.3) is 5.91 Å². The second kappa shape index (κ2) is 6.08. The van der Waals surface area contributed by atoms with E-state index < -0.39 is 18.6 Å². The Labute approximate surface area is 124 Å². The molecule has 1 heterocycles. The molecule has 0 saturated heterocycles. The van der Waals surface area contributed by atoms with Gasteiger partial charge in [0.15, 0.2) is 11.5 Å². The average Bonchev–Trinajstić information content (AvgIpc) is 2.94. The number of amides is 1. The van der Waals surface area contributed by atoms with Gasteiger partial charge >= 0.3 is 6.18 Å². The van der Waals surface area contributed by atoms with E-state index in [-0.39, 0.29) is 11.5 Å². The second-order valence-electron chi connectivity index (χ2n) is 4.58. The van der Waals surface area contributed by atoms with Gasteiger partial charge in [0.2, 0.25) is 0 Å². The Hall–Kier alpha value is -2.51. The summed E-state index contributed by atoms with van der Waals surface area (Å²) in [5, 5.41) is 3.52. The Balaban J connectivity index is 2.14. The lowest BCUT2D eigenvalue weighted by Crippen LogP contribution is -2.35. The first-order chi connectivity index (χ1) is 10.3. The molecule has 2 rings (SSSR count). The normalized spacial score (nSPS) is 11.3. The molecule has 0 bridgehead atoms. The monoisotopic (exact) mass is 314 g/mol. The molecule has 0 N–H and O–H groups in total. The molecule has 0 fully saturated rings. The minimum Gasteiger partial charge on any atom is -0.497 e. The molecule has 1 aromatic carbocycles. The van der Waals surface area contributed by atoms with E-state index in [1.165, 1.54) is 13.2 Å². The summed E-state index contributed by atoms with van der Waals surface area (Å²) in [7, 11) is 2.58. The molecule has 0 aliphatic carbocycles. The van der Waals surface area contributed by atoms with Crippen LogP contribution in [0, 0.1) is 0 Å². The highest BCUT2D eigenvalue weighted by atomic mass is 19.4. The second-order valence-corrected chi connectivity index (χ2v) is 4.58. The van der Waals surface area contributed by atoms with E-state index in [2.05, 4.69) is 5.16 Å². The van der Waals surface area contributed by atoms with Gasteiger partial charge in [-0.2, -0.15) is 13.2 Å². The van der Waals surface area contributed by atoms with Crippen molar-refractivity contribution in [2.45, 2.75) is 6.18 Å². The van der Waals surface area contributed by atoms with Crippen LogP contribution in [0.5, 0.6) is 5.75 Å². The molecule has 22 heavy (non-hydrogen) atoms. The molecule has 0 aliphatic heterocycles. The van der Waals surface area contributed by atoms with Gasteiger partial charge in [0, 0.05) is 18.7 Å². The maximum Gasteiger partial charge on any atom is 0.406 e. The molecular weight excluding hydrogens is 301 g/mol. The van der Waals surface area contributed by atoms with Crippen LogP contribution in [0.3, 0.4) is 0 Å². The highest BCUT2D eigenvalue weighted by Gasteiger charge is 2.32. The minimum atomic E-state index is -4.47. The van der Waals surface area contributed by atoms with E-state index in [9.17, 15) is 18.0 Å². The number of carbonyl (C=O) groups is 1. The largest absolute Gasteiger partial charge is 0.497 e. The summed E-state index contributed by atoms with van der Waals surface area (Å²) >= 11 is 0. The number of nitrogens with zero attached hydrogens (tertiary/aromatic N) is 2. The molecule has 0 radical (unpaired) electrons. The Kier molecular flexibility index (Phi) is 4.39. The summed E-state index contributed by atoms with van der Waals surface area (Å²) in [5.74, 6) is 0.0664. The zero-order chi connectivity index (χ0) is 16.3. The molecule has 0 atom stereocenters. The maximum atomic E-state index is 12.3. The highest BCUT2D eigenvalue weighted by Crippen LogP contribution is 2.24. The number of methoxy groups -OCH3 is 1. The number of ether oxygens (including phenoxy) is 1. The molecule has 1 aromatic heterocycles. The lowest BCUT2D eigenvalue weighted by Gasteiger charge is -2.17. The van der Waals surface area contributed by atoms with Gasteiger partial charge in [-0.25, -0.2) is 0 Å². The summed E-state index contributed by atoms with van der Waals surface area (Å²) in [4.78, 5) is 12.4. The summed E-state index contributed by atoms with van der Waals surface area (Å²) < 4.78 is 46.8. The van der Waals surface area contributed by atoms with Gasteiger partial charge in [-0.15, -0.1) is 0 Å². The standard InChI is InChI=1S/C14H13F3N2O3/c1-19(8-14(15,16)17)13(20)11-7-12(22-18-11)9-3-5-10(21-2)6-4-9/h3-7H,8H2,1-2H3. The van der Waals surface area contributed by atoms with Crippen LogP contribution in [-0.4, -0.2) is 42.8 Å². The first kappa shape index (κ1) is 15.9. The minimum absolute atomic E-state index is 0.183. The van der Waals surface area contributed by atoms with Crippen LogP contribution < -0.4 is 4.74 Å². The van der Waals surface area contributed by atoms with Crippen LogP contribution in [0.15, 0.2) is 34.9 Å². The van der Waals surface area contributed by atoms with Crippen molar-refractivity contribution in [2.75, 3.05) is 20.7 Å². The predicted molar refractivity (Wildman–Crippen MR) is 71.5 cm³/mol. The first-order valence-corrected chi connectivity index (χ1v) is 6.23. The van der Waals surface area contributed by atoms with E-state index >= 15 is 0 Å². The summed E-state index contributed by atoms with van der Waals surface area (Å²) in [6.07, 6.45) is -4.47. The van der Waals surface area contributed by atoms with E-state index in [0.717, 1.165) is 7.05 Å². The van der Waals surface area contributed by atoms with Gasteiger partial charge in [0.1, 0.15) is 12.3 Å². The Morgan fingerprint density at radius 3 is 2.50 bits per heavy atom. The average molecular weight is 314 g/mol. The number of hydrogen-bond donors (Lipinski definition) is 0. The summed E-state index contributed by atoms with van der Waals surface area (Å²) in [6, 6.07) is 8.06. The fourth-order valence-electron chi connectivity index (χ4n) is 1.80. The Bertz CT molecular complexity index is 650. The molecule has 0 spiro atoms. The van der Waals surface area contributed by atoms with Crippen molar-refractivity contribution in [2.24, 2.45) is 0 Å². The van der Waals surface area contributed by atoms with Crippen LogP contribution in [-0.2, 0) is 0 Å². The lowest BCUT2D eigenvalue weighted by atomic mass is 10.1. The molecular formula is C14H13F3N2O3. The first-order valence-electron chi connectivity index (χ1n) is 6.23. The van der Waals surface area contributed by atoms with Crippen LogP contribution in [0.4, 0.5) is 13.2 Å². The Morgan fingerprint density at radius 2 is 1.95 bits per heavy atom. The smallest absolute Gasteiger partial charge is 0.406 e. The van der Waals surface area contributed by atoms with Gasteiger partial charge in [-0.05, 0) is 24.3 Å². The maximum absolute atomic E-state index is 12.3. The molecule has 2 aromatic rings. The van der Waals surface area contributed by atoms with Crippen LogP contribution in [0.2, 0.25) is 0 Å². The third-order valence-corrected chi connectivity index (χ3v) is 2.87. The van der Waals surface area contributed by atoms with Gasteiger partial charge in [0.05, 0.1) is 7.11 Å². The fraction of sp³-hybridized carbons (Fsp3) is 0.286. The fourth-order valence-corrected chi connectivity index (χ4v) is 1.80. The van der Waals surface area contributed by atoms with E-state index in [1.54, 1.807) is 24.3 Å². The zero-order valence-electron chi connectivity index (χ0n) is 11.8. The molecule has 0 saturated carbocycles. The quantitative estimate of drug-likeness (QED) is 0.870. The number of alkyl halides is 3. The van der Waals surface area contributed by atoms with E-state index in [0.29, 0.717) is 16.2 Å². The summed E-state index contributed by atoms with van der Waals surface area (Å²) in [6.45, 7) is -1.35.